The molecule has 1 amide bonds. The number of nitrogens with one attached hydrogen (secondary N) is 1. The fourth-order valence-corrected chi connectivity index (χ4v) is 6.64. The number of hydrogen-bond acceptors (Lipinski definition) is 6. The summed E-state index contributed by atoms with van der Waals surface area (Å²) < 4.78 is 23.0. The minimum atomic E-state index is -4.57. The predicted octanol–water partition coefficient (Wildman–Crippen LogP) is 10.2. The van der Waals surface area contributed by atoms with Crippen molar-refractivity contribution in [2.75, 3.05) is 40.9 Å². The maximum atomic E-state index is 12.7. The summed E-state index contributed by atoms with van der Waals surface area (Å²) in [5.74, 6) is -0.200. The summed E-state index contributed by atoms with van der Waals surface area (Å²) in [6.45, 7) is 4.57. The van der Waals surface area contributed by atoms with Gasteiger partial charge in [-0.2, -0.15) is 0 Å². The van der Waals surface area contributed by atoms with Crippen molar-refractivity contribution in [3.05, 3.63) is 12.2 Å². The normalized spacial score (nSPS) is 14.7. The number of carbonyl (C=O) groups excluding carboxylic acids is 1. The Bertz CT molecular complexity index is 819. The summed E-state index contributed by atoms with van der Waals surface area (Å²) >= 11 is 0. The van der Waals surface area contributed by atoms with Gasteiger partial charge in [-0.15, -0.1) is 0 Å². The van der Waals surface area contributed by atoms with Gasteiger partial charge in [0.1, 0.15) is 13.2 Å². The van der Waals surface area contributed by atoms with Crippen molar-refractivity contribution in [3.63, 3.8) is 0 Å². The number of hydrogen-bond donors (Lipinski definition) is 2. The second-order valence-corrected chi connectivity index (χ2v) is 16.8. The fraction of sp³-hybridized carbons (Fsp3) is 0.925. The standard InChI is InChI=1S/C40H81N2O6P/c1-6-8-10-12-14-15-16-17-18-19-20-21-22-23-24-25-26-27-28-30-32-34-40(44)41-38(39(43)33-31-29-13-11-9-7-2)37-48-49(45,46)47-36-35-42(3,4)5/h31,33,38-39,43H,6-30,32,34-37H2,1-5H3,(H-,41,44,45,46)/b33-31+. The number of phosphoric acid groups is 1. The molecule has 0 spiro atoms. The van der Waals surface area contributed by atoms with Crippen molar-refractivity contribution in [2.24, 2.45) is 0 Å². The molecule has 3 unspecified atom stereocenters. The number of carbonyl (C=O) groups is 1. The highest BCUT2D eigenvalue weighted by Gasteiger charge is 2.23. The Morgan fingerprint density at radius 2 is 1.10 bits per heavy atom. The van der Waals surface area contributed by atoms with Gasteiger partial charge in [-0.25, -0.2) is 0 Å². The number of nitrogens with zero attached hydrogens (tertiary/aromatic N) is 1. The van der Waals surface area contributed by atoms with Crippen molar-refractivity contribution >= 4 is 13.7 Å². The van der Waals surface area contributed by atoms with E-state index in [1.807, 2.05) is 27.2 Å². The zero-order valence-electron chi connectivity index (χ0n) is 32.9. The third-order valence-corrected chi connectivity index (χ3v) is 10.2. The lowest BCUT2D eigenvalue weighted by Crippen LogP contribution is -2.45. The van der Waals surface area contributed by atoms with E-state index in [0.29, 0.717) is 17.4 Å². The van der Waals surface area contributed by atoms with Gasteiger partial charge in [-0.1, -0.05) is 174 Å². The smallest absolute Gasteiger partial charge is 0.268 e. The molecular weight excluding hydrogens is 635 g/mol. The van der Waals surface area contributed by atoms with Gasteiger partial charge in [0.2, 0.25) is 5.91 Å². The van der Waals surface area contributed by atoms with Crippen LogP contribution in [0.2, 0.25) is 0 Å². The van der Waals surface area contributed by atoms with Crippen LogP contribution in [-0.2, 0) is 18.4 Å². The van der Waals surface area contributed by atoms with Gasteiger partial charge in [0.25, 0.3) is 7.82 Å². The molecule has 0 aliphatic rings. The lowest BCUT2D eigenvalue weighted by Gasteiger charge is -2.29. The molecule has 0 fully saturated rings. The van der Waals surface area contributed by atoms with Gasteiger partial charge < -0.3 is 28.8 Å². The quantitative estimate of drug-likeness (QED) is 0.0287. The lowest BCUT2D eigenvalue weighted by atomic mass is 10.0. The van der Waals surface area contributed by atoms with Gasteiger partial charge in [0, 0.05) is 6.42 Å². The summed E-state index contributed by atoms with van der Waals surface area (Å²) in [4.78, 5) is 25.1. The first-order valence-corrected chi connectivity index (χ1v) is 22.0. The van der Waals surface area contributed by atoms with Crippen molar-refractivity contribution in [2.45, 2.75) is 199 Å². The van der Waals surface area contributed by atoms with E-state index in [1.54, 1.807) is 6.08 Å². The van der Waals surface area contributed by atoms with Crippen LogP contribution in [-0.4, -0.2) is 68.5 Å². The summed E-state index contributed by atoms with van der Waals surface area (Å²) in [6.07, 6.45) is 35.8. The number of aliphatic hydroxyl groups is 1. The van der Waals surface area contributed by atoms with E-state index in [9.17, 15) is 19.4 Å². The Hall–Kier alpha value is -0.760. The molecule has 0 saturated carbocycles. The molecule has 0 aliphatic heterocycles. The number of rotatable bonds is 37. The van der Waals surface area contributed by atoms with Crippen LogP contribution in [0.15, 0.2) is 12.2 Å². The molecule has 9 heteroatoms. The summed E-state index contributed by atoms with van der Waals surface area (Å²) in [5, 5.41) is 13.6. The van der Waals surface area contributed by atoms with Crippen LogP contribution < -0.4 is 10.2 Å². The second kappa shape index (κ2) is 33.1. The van der Waals surface area contributed by atoms with Crippen LogP contribution in [0.25, 0.3) is 0 Å². The van der Waals surface area contributed by atoms with Crippen molar-refractivity contribution in [3.8, 4) is 0 Å². The summed E-state index contributed by atoms with van der Waals surface area (Å²) in [6, 6.07) is -0.876. The average Bonchev–Trinajstić information content (AvgIpc) is 3.04. The first-order chi connectivity index (χ1) is 23.5. The SMILES string of the molecule is CCCCCC/C=C/C(O)C(COP(=O)([O-])OCC[N+](C)(C)C)NC(=O)CCCCCCCCCCCCCCCCCCCCCCC. The molecule has 2 N–H and O–H groups in total. The highest BCUT2D eigenvalue weighted by Crippen LogP contribution is 2.38. The zero-order valence-corrected chi connectivity index (χ0v) is 33.8. The first-order valence-electron chi connectivity index (χ1n) is 20.6. The maximum Gasteiger partial charge on any atom is 0.268 e. The molecule has 49 heavy (non-hydrogen) atoms. The Kier molecular flexibility index (Phi) is 32.6. The van der Waals surface area contributed by atoms with Crippen molar-refractivity contribution < 1.29 is 32.9 Å². The number of unbranched alkanes of at least 4 members (excludes halogenated alkanes) is 24. The summed E-state index contributed by atoms with van der Waals surface area (Å²) in [7, 11) is 1.26. The molecule has 8 nitrogen and oxygen atoms in total. The molecule has 0 aromatic heterocycles. The molecule has 0 aliphatic carbocycles. The topological polar surface area (TPSA) is 108 Å². The highest BCUT2D eigenvalue weighted by molar-refractivity contribution is 7.45. The van der Waals surface area contributed by atoms with E-state index in [2.05, 4.69) is 19.2 Å². The monoisotopic (exact) mass is 717 g/mol. The second-order valence-electron chi connectivity index (χ2n) is 15.4. The van der Waals surface area contributed by atoms with Gasteiger partial charge in [0.15, 0.2) is 0 Å². The van der Waals surface area contributed by atoms with Crippen LogP contribution in [0, 0.1) is 0 Å². The molecule has 0 aromatic rings. The average molecular weight is 717 g/mol. The third-order valence-electron chi connectivity index (χ3n) is 9.25. The summed E-state index contributed by atoms with van der Waals surface area (Å²) in [5.41, 5.74) is 0. The molecule has 0 rings (SSSR count). The van der Waals surface area contributed by atoms with Gasteiger partial charge in [-0.05, 0) is 19.3 Å². The molecule has 0 aromatic carbocycles. The molecule has 0 radical (unpaired) electrons. The molecular formula is C40H81N2O6P. The Labute approximate surface area is 303 Å². The van der Waals surface area contributed by atoms with E-state index in [4.69, 9.17) is 9.05 Å². The van der Waals surface area contributed by atoms with Crippen molar-refractivity contribution in [1.82, 2.24) is 5.32 Å². The minimum absolute atomic E-state index is 0.000988. The third kappa shape index (κ3) is 35.4. The Balaban J connectivity index is 4.12. The maximum absolute atomic E-state index is 12.7. The number of quaternary nitrogens is 1. The number of allylic oxidation sites excluding steroid dienone is 1. The van der Waals surface area contributed by atoms with Gasteiger partial charge in [0.05, 0.1) is 39.9 Å². The number of amides is 1. The van der Waals surface area contributed by atoms with Gasteiger partial charge in [-0.3, -0.25) is 9.36 Å². The number of likely N-dealkylation sites (N-methyl/N-ethyl adjacent to an activating group) is 1. The molecule has 292 valence electrons. The number of aliphatic hydroxyl groups excluding tert-OH is 1. The molecule has 3 atom stereocenters. The fourth-order valence-electron chi connectivity index (χ4n) is 5.92. The first kappa shape index (κ1) is 48.2. The minimum Gasteiger partial charge on any atom is -0.756 e. The molecule has 0 heterocycles. The van der Waals surface area contributed by atoms with E-state index >= 15 is 0 Å². The van der Waals surface area contributed by atoms with E-state index < -0.39 is 20.0 Å². The molecule has 0 saturated heterocycles. The van der Waals surface area contributed by atoms with Crippen LogP contribution in [0.3, 0.4) is 0 Å². The van der Waals surface area contributed by atoms with Crippen LogP contribution >= 0.6 is 7.82 Å². The van der Waals surface area contributed by atoms with Crippen LogP contribution in [0.4, 0.5) is 0 Å². The van der Waals surface area contributed by atoms with E-state index in [1.165, 1.54) is 122 Å². The van der Waals surface area contributed by atoms with E-state index in [0.717, 1.165) is 44.9 Å². The lowest BCUT2D eigenvalue weighted by molar-refractivity contribution is -0.870. The zero-order chi connectivity index (χ0) is 36.5. The highest BCUT2D eigenvalue weighted by atomic mass is 31.2. The Morgan fingerprint density at radius 3 is 1.53 bits per heavy atom. The van der Waals surface area contributed by atoms with Crippen molar-refractivity contribution in [1.29, 1.82) is 0 Å². The predicted molar refractivity (Wildman–Crippen MR) is 205 cm³/mol. The number of phosphoric ester groups is 1. The van der Waals surface area contributed by atoms with Crippen LogP contribution in [0.1, 0.15) is 187 Å². The largest absolute Gasteiger partial charge is 0.756 e. The van der Waals surface area contributed by atoms with E-state index in [-0.39, 0.29) is 19.1 Å². The Morgan fingerprint density at radius 1 is 0.694 bits per heavy atom. The molecule has 0 bridgehead atoms. The van der Waals surface area contributed by atoms with Gasteiger partial charge >= 0.3 is 0 Å². The van der Waals surface area contributed by atoms with Crippen LogP contribution in [0.5, 0.6) is 0 Å².